The second-order valence-corrected chi connectivity index (χ2v) is 5.02. The summed E-state index contributed by atoms with van der Waals surface area (Å²) >= 11 is 0. The molecule has 8 heteroatoms. The van der Waals surface area contributed by atoms with Crippen LogP contribution in [0.5, 0.6) is 0 Å². The summed E-state index contributed by atoms with van der Waals surface area (Å²) in [7, 11) is 0. The van der Waals surface area contributed by atoms with Gasteiger partial charge in [-0.25, -0.2) is 14.4 Å². The molecule has 2 aliphatic rings. The van der Waals surface area contributed by atoms with Crippen molar-refractivity contribution in [3.63, 3.8) is 0 Å². The molecule has 2 heterocycles. The molecule has 1 atom stereocenters. The van der Waals surface area contributed by atoms with Crippen molar-refractivity contribution in [2.24, 2.45) is 0 Å². The Bertz CT molecular complexity index is 458. The standard InChI is InChI=1S/C14H20N2O6/c1-3-20-12(17)11-9-22-14(19)16(11)10-5-7-15(8-6-10)13(18)21-4-2/h4,10-11H,2-3,5-9H2,1H3. The van der Waals surface area contributed by atoms with Crippen molar-refractivity contribution in [1.82, 2.24) is 9.80 Å². The van der Waals surface area contributed by atoms with E-state index in [0.29, 0.717) is 25.9 Å². The number of likely N-dealkylation sites (tertiary alicyclic amines) is 1. The van der Waals surface area contributed by atoms with Crippen molar-refractivity contribution in [2.45, 2.75) is 31.8 Å². The van der Waals surface area contributed by atoms with E-state index in [0.717, 1.165) is 6.26 Å². The third kappa shape index (κ3) is 3.32. The lowest BCUT2D eigenvalue weighted by Gasteiger charge is -2.36. The summed E-state index contributed by atoms with van der Waals surface area (Å²) in [6, 6.07) is -0.860. The number of esters is 1. The van der Waals surface area contributed by atoms with Gasteiger partial charge in [-0.3, -0.25) is 4.90 Å². The van der Waals surface area contributed by atoms with E-state index in [-0.39, 0.29) is 19.3 Å². The zero-order chi connectivity index (χ0) is 16.1. The molecule has 0 spiro atoms. The fourth-order valence-electron chi connectivity index (χ4n) is 2.73. The van der Waals surface area contributed by atoms with Gasteiger partial charge in [0.05, 0.1) is 12.9 Å². The topological polar surface area (TPSA) is 85.4 Å². The first-order chi connectivity index (χ1) is 10.6. The Labute approximate surface area is 128 Å². The molecule has 22 heavy (non-hydrogen) atoms. The Morgan fingerprint density at radius 3 is 2.68 bits per heavy atom. The monoisotopic (exact) mass is 312 g/mol. The van der Waals surface area contributed by atoms with Gasteiger partial charge in [0.1, 0.15) is 6.61 Å². The normalized spacial score (nSPS) is 22.2. The smallest absolute Gasteiger partial charge is 0.414 e. The molecule has 2 saturated heterocycles. The number of rotatable bonds is 4. The Balaban J connectivity index is 1.96. The molecule has 2 amide bonds. The highest BCUT2D eigenvalue weighted by Crippen LogP contribution is 2.25. The summed E-state index contributed by atoms with van der Waals surface area (Å²) in [6.45, 7) is 6.20. The van der Waals surface area contributed by atoms with Crippen LogP contribution in [0.4, 0.5) is 9.59 Å². The largest absolute Gasteiger partial charge is 0.464 e. The van der Waals surface area contributed by atoms with E-state index >= 15 is 0 Å². The first-order valence-electron chi connectivity index (χ1n) is 7.26. The number of amides is 2. The number of cyclic esters (lactones) is 1. The quantitative estimate of drug-likeness (QED) is 0.439. The minimum Gasteiger partial charge on any atom is -0.464 e. The summed E-state index contributed by atoms with van der Waals surface area (Å²) in [5, 5.41) is 0. The van der Waals surface area contributed by atoms with Crippen LogP contribution in [0.1, 0.15) is 19.8 Å². The third-order valence-corrected chi connectivity index (χ3v) is 3.77. The van der Waals surface area contributed by atoms with Gasteiger partial charge in [0, 0.05) is 19.1 Å². The van der Waals surface area contributed by atoms with Crippen molar-refractivity contribution in [3.05, 3.63) is 12.8 Å². The van der Waals surface area contributed by atoms with Crippen molar-refractivity contribution >= 4 is 18.2 Å². The van der Waals surface area contributed by atoms with Gasteiger partial charge in [0.15, 0.2) is 6.04 Å². The van der Waals surface area contributed by atoms with Crippen LogP contribution >= 0.6 is 0 Å². The van der Waals surface area contributed by atoms with E-state index in [2.05, 4.69) is 6.58 Å². The zero-order valence-electron chi connectivity index (χ0n) is 12.5. The van der Waals surface area contributed by atoms with Crippen molar-refractivity contribution in [3.8, 4) is 0 Å². The predicted molar refractivity (Wildman–Crippen MR) is 74.9 cm³/mol. The van der Waals surface area contributed by atoms with Crippen LogP contribution in [-0.4, -0.2) is 66.3 Å². The molecule has 0 N–H and O–H groups in total. The van der Waals surface area contributed by atoms with Crippen LogP contribution in [-0.2, 0) is 19.0 Å². The maximum Gasteiger partial charge on any atom is 0.414 e. The van der Waals surface area contributed by atoms with Crippen molar-refractivity contribution in [2.75, 3.05) is 26.3 Å². The van der Waals surface area contributed by atoms with Gasteiger partial charge in [0.2, 0.25) is 0 Å². The Kier molecular flexibility index (Phi) is 5.24. The zero-order valence-corrected chi connectivity index (χ0v) is 12.5. The minimum atomic E-state index is -0.705. The molecular weight excluding hydrogens is 292 g/mol. The lowest BCUT2D eigenvalue weighted by atomic mass is 10.0. The second kappa shape index (κ2) is 7.15. The highest BCUT2D eigenvalue weighted by molar-refractivity contribution is 5.84. The van der Waals surface area contributed by atoms with Gasteiger partial charge >= 0.3 is 18.2 Å². The van der Waals surface area contributed by atoms with Gasteiger partial charge in [0.25, 0.3) is 0 Å². The van der Waals surface area contributed by atoms with Gasteiger partial charge in [-0.1, -0.05) is 6.58 Å². The van der Waals surface area contributed by atoms with Gasteiger partial charge in [-0.2, -0.15) is 0 Å². The predicted octanol–water partition coefficient (Wildman–Crippen LogP) is 1.11. The lowest BCUT2D eigenvalue weighted by molar-refractivity contribution is -0.148. The fourth-order valence-corrected chi connectivity index (χ4v) is 2.73. The number of carbonyl (C=O) groups is 3. The first kappa shape index (κ1) is 16.1. The number of ether oxygens (including phenoxy) is 3. The minimum absolute atomic E-state index is 0.0103. The van der Waals surface area contributed by atoms with E-state index in [1.807, 2.05) is 0 Å². The number of hydrogen-bond acceptors (Lipinski definition) is 6. The summed E-state index contributed by atoms with van der Waals surface area (Å²) in [6.07, 6.45) is 1.22. The Morgan fingerprint density at radius 1 is 1.41 bits per heavy atom. The Morgan fingerprint density at radius 2 is 2.09 bits per heavy atom. The van der Waals surface area contributed by atoms with Crippen LogP contribution in [0.15, 0.2) is 12.8 Å². The molecule has 0 bridgehead atoms. The highest BCUT2D eigenvalue weighted by atomic mass is 16.6. The summed E-state index contributed by atoms with van der Waals surface area (Å²) in [5.41, 5.74) is 0. The molecule has 1 unspecified atom stereocenters. The molecule has 8 nitrogen and oxygen atoms in total. The van der Waals surface area contributed by atoms with Crippen LogP contribution in [0.3, 0.4) is 0 Å². The molecular formula is C14H20N2O6. The summed E-state index contributed by atoms with van der Waals surface area (Å²) in [5.74, 6) is -0.457. The van der Waals surface area contributed by atoms with Gasteiger partial charge < -0.3 is 19.1 Å². The fraction of sp³-hybridized carbons (Fsp3) is 0.643. The number of nitrogens with zero attached hydrogens (tertiary/aromatic N) is 2. The Hall–Kier alpha value is -2.25. The maximum absolute atomic E-state index is 11.9. The summed E-state index contributed by atoms with van der Waals surface area (Å²) in [4.78, 5) is 38.4. The molecule has 122 valence electrons. The van der Waals surface area contributed by atoms with E-state index < -0.39 is 24.2 Å². The van der Waals surface area contributed by atoms with Crippen LogP contribution < -0.4 is 0 Å². The van der Waals surface area contributed by atoms with E-state index in [4.69, 9.17) is 14.2 Å². The number of piperidine rings is 1. The number of carbonyl (C=O) groups excluding carboxylic acids is 3. The third-order valence-electron chi connectivity index (χ3n) is 3.77. The molecule has 2 fully saturated rings. The van der Waals surface area contributed by atoms with Gasteiger partial charge in [-0.05, 0) is 19.8 Å². The van der Waals surface area contributed by atoms with Crippen LogP contribution in [0.25, 0.3) is 0 Å². The molecule has 2 aliphatic heterocycles. The SMILES string of the molecule is C=COC(=O)N1CCC(N2C(=O)OCC2C(=O)OCC)CC1. The highest BCUT2D eigenvalue weighted by Gasteiger charge is 2.44. The van der Waals surface area contributed by atoms with E-state index in [1.165, 1.54) is 4.90 Å². The van der Waals surface area contributed by atoms with Gasteiger partial charge in [-0.15, -0.1) is 0 Å². The van der Waals surface area contributed by atoms with Crippen molar-refractivity contribution < 1.29 is 28.6 Å². The summed E-state index contributed by atoms with van der Waals surface area (Å²) < 4.78 is 14.7. The van der Waals surface area contributed by atoms with E-state index in [1.54, 1.807) is 11.8 Å². The molecule has 0 radical (unpaired) electrons. The second-order valence-electron chi connectivity index (χ2n) is 5.02. The first-order valence-corrected chi connectivity index (χ1v) is 7.26. The maximum atomic E-state index is 11.9. The average molecular weight is 312 g/mol. The molecule has 0 saturated carbocycles. The molecule has 0 aromatic heterocycles. The van der Waals surface area contributed by atoms with E-state index in [9.17, 15) is 14.4 Å². The molecule has 0 aromatic rings. The molecule has 0 aliphatic carbocycles. The molecule has 0 aromatic carbocycles. The molecule has 2 rings (SSSR count). The average Bonchev–Trinajstić information content (AvgIpc) is 2.90. The van der Waals surface area contributed by atoms with Crippen LogP contribution in [0.2, 0.25) is 0 Å². The van der Waals surface area contributed by atoms with Crippen molar-refractivity contribution in [1.29, 1.82) is 0 Å². The van der Waals surface area contributed by atoms with Crippen LogP contribution in [0, 0.1) is 0 Å². The lowest BCUT2D eigenvalue weighted by Crippen LogP contribution is -2.52. The number of hydrogen-bond donors (Lipinski definition) is 0.